The van der Waals surface area contributed by atoms with E-state index in [2.05, 4.69) is 10.2 Å². The molecule has 0 amide bonds. The number of fused-ring (bicyclic) bond motifs is 1. The van der Waals surface area contributed by atoms with Gasteiger partial charge in [0.25, 0.3) is 0 Å². The van der Waals surface area contributed by atoms with Crippen molar-refractivity contribution < 1.29 is 19.0 Å². The normalized spacial score (nSPS) is 23.4. The molecular formula is C22H27FN2O3. The lowest BCUT2D eigenvalue weighted by molar-refractivity contribution is 0.0474. The molecule has 1 fully saturated rings. The van der Waals surface area contributed by atoms with Gasteiger partial charge in [0.05, 0.1) is 6.10 Å². The van der Waals surface area contributed by atoms with Crippen LogP contribution >= 0.6 is 0 Å². The van der Waals surface area contributed by atoms with Gasteiger partial charge in [0.1, 0.15) is 18.5 Å². The molecule has 150 valence electrons. The lowest BCUT2D eigenvalue weighted by Crippen LogP contribution is -2.50. The van der Waals surface area contributed by atoms with Crippen LogP contribution in [0.5, 0.6) is 11.5 Å². The van der Waals surface area contributed by atoms with Crippen molar-refractivity contribution in [2.75, 3.05) is 32.8 Å². The summed E-state index contributed by atoms with van der Waals surface area (Å²) in [7, 11) is 0. The van der Waals surface area contributed by atoms with Gasteiger partial charge >= 0.3 is 0 Å². The predicted molar refractivity (Wildman–Crippen MR) is 105 cm³/mol. The van der Waals surface area contributed by atoms with Crippen molar-refractivity contribution in [2.45, 2.75) is 31.1 Å². The number of nitrogens with zero attached hydrogens (tertiary/aromatic N) is 1. The summed E-state index contributed by atoms with van der Waals surface area (Å²) >= 11 is 0. The Balaban J connectivity index is 1.25. The Morgan fingerprint density at radius 1 is 1.14 bits per heavy atom. The third-order valence-corrected chi connectivity index (χ3v) is 5.39. The van der Waals surface area contributed by atoms with Crippen LogP contribution in [0.4, 0.5) is 4.39 Å². The van der Waals surface area contributed by atoms with Gasteiger partial charge in [0, 0.05) is 25.7 Å². The number of hydrogen-bond acceptors (Lipinski definition) is 5. The second kappa shape index (κ2) is 8.90. The fourth-order valence-corrected chi connectivity index (χ4v) is 3.91. The van der Waals surface area contributed by atoms with E-state index in [1.54, 1.807) is 12.1 Å². The van der Waals surface area contributed by atoms with Crippen LogP contribution in [-0.4, -0.2) is 54.9 Å². The van der Waals surface area contributed by atoms with Crippen molar-refractivity contribution in [1.82, 2.24) is 10.2 Å². The van der Waals surface area contributed by atoms with Gasteiger partial charge in [-0.1, -0.05) is 24.3 Å². The zero-order valence-corrected chi connectivity index (χ0v) is 15.9. The monoisotopic (exact) mass is 386 g/mol. The molecule has 3 unspecified atom stereocenters. The summed E-state index contributed by atoms with van der Waals surface area (Å²) in [6.07, 6.45) is 1.58. The highest BCUT2D eigenvalue weighted by atomic mass is 19.1. The van der Waals surface area contributed by atoms with E-state index >= 15 is 0 Å². The first-order chi connectivity index (χ1) is 13.7. The number of nitrogens with one attached hydrogen (secondary N) is 1. The van der Waals surface area contributed by atoms with Gasteiger partial charge in [-0.15, -0.1) is 0 Å². The Morgan fingerprint density at radius 2 is 1.93 bits per heavy atom. The predicted octanol–water partition coefficient (Wildman–Crippen LogP) is 2.75. The van der Waals surface area contributed by atoms with Crippen LogP contribution in [0.25, 0.3) is 0 Å². The summed E-state index contributed by atoms with van der Waals surface area (Å²) in [5.41, 5.74) is 0.730. The van der Waals surface area contributed by atoms with Gasteiger partial charge in [-0.05, 0) is 49.2 Å². The van der Waals surface area contributed by atoms with Crippen LogP contribution < -0.4 is 14.8 Å². The van der Waals surface area contributed by atoms with Crippen molar-refractivity contribution in [3.05, 3.63) is 59.9 Å². The van der Waals surface area contributed by atoms with Crippen LogP contribution in [0.1, 0.15) is 24.5 Å². The summed E-state index contributed by atoms with van der Waals surface area (Å²) < 4.78 is 24.9. The van der Waals surface area contributed by atoms with Gasteiger partial charge in [0.2, 0.25) is 0 Å². The molecule has 0 bridgehead atoms. The molecule has 2 heterocycles. The van der Waals surface area contributed by atoms with Gasteiger partial charge in [-0.25, -0.2) is 4.39 Å². The highest BCUT2D eigenvalue weighted by Crippen LogP contribution is 2.31. The molecule has 0 aliphatic carbocycles. The smallest absolute Gasteiger partial charge is 0.161 e. The molecule has 2 aromatic carbocycles. The standard InChI is InChI=1S/C22H27FN2O3/c23-17-9-7-16(8-10-17)20(26)12-24-18-4-3-11-25(13-18)14-19-15-27-21-5-1-2-6-22(21)28-19/h1-2,5-10,18-20,24,26H,3-4,11-15H2. The minimum atomic E-state index is -0.637. The molecule has 0 saturated carbocycles. The number of ether oxygens (including phenoxy) is 2. The highest BCUT2D eigenvalue weighted by molar-refractivity contribution is 5.40. The number of rotatable bonds is 6. The fraction of sp³-hybridized carbons (Fsp3) is 0.455. The Kier molecular flexibility index (Phi) is 6.10. The van der Waals surface area contributed by atoms with Crippen LogP contribution in [0.2, 0.25) is 0 Å². The number of para-hydroxylation sites is 2. The number of hydrogen-bond donors (Lipinski definition) is 2. The number of aliphatic hydroxyl groups is 1. The molecule has 2 aliphatic rings. The lowest BCUT2D eigenvalue weighted by Gasteiger charge is -2.36. The second-order valence-corrected chi connectivity index (χ2v) is 7.57. The molecule has 2 aliphatic heterocycles. The van der Waals surface area contributed by atoms with Crippen molar-refractivity contribution in [3.8, 4) is 11.5 Å². The van der Waals surface area contributed by atoms with Gasteiger partial charge < -0.3 is 19.9 Å². The highest BCUT2D eigenvalue weighted by Gasteiger charge is 2.26. The average Bonchev–Trinajstić information content (AvgIpc) is 2.73. The van der Waals surface area contributed by atoms with E-state index in [4.69, 9.17) is 9.47 Å². The maximum atomic E-state index is 13.0. The first-order valence-corrected chi connectivity index (χ1v) is 9.95. The Labute approximate surface area is 165 Å². The zero-order valence-electron chi connectivity index (χ0n) is 15.9. The lowest BCUT2D eigenvalue weighted by atomic mass is 10.0. The molecule has 3 atom stereocenters. The average molecular weight is 386 g/mol. The first-order valence-electron chi connectivity index (χ1n) is 9.95. The van der Waals surface area contributed by atoms with Crippen LogP contribution in [0.15, 0.2) is 48.5 Å². The van der Waals surface area contributed by atoms with E-state index in [1.165, 1.54) is 12.1 Å². The molecule has 2 aromatic rings. The number of aliphatic hydroxyl groups excluding tert-OH is 1. The van der Waals surface area contributed by atoms with Gasteiger partial charge in [0.15, 0.2) is 11.5 Å². The first kappa shape index (κ1) is 19.2. The minimum absolute atomic E-state index is 0.0263. The minimum Gasteiger partial charge on any atom is -0.486 e. The van der Waals surface area contributed by atoms with Crippen molar-refractivity contribution >= 4 is 0 Å². The maximum Gasteiger partial charge on any atom is 0.161 e. The van der Waals surface area contributed by atoms with E-state index in [0.717, 1.165) is 49.5 Å². The molecule has 0 radical (unpaired) electrons. The van der Waals surface area contributed by atoms with Crippen molar-refractivity contribution in [1.29, 1.82) is 0 Å². The summed E-state index contributed by atoms with van der Waals surface area (Å²) in [5.74, 6) is 1.34. The molecule has 1 saturated heterocycles. The molecule has 2 N–H and O–H groups in total. The molecule has 0 spiro atoms. The largest absolute Gasteiger partial charge is 0.486 e. The molecule has 5 nitrogen and oxygen atoms in total. The third kappa shape index (κ3) is 4.82. The molecule has 28 heavy (non-hydrogen) atoms. The third-order valence-electron chi connectivity index (χ3n) is 5.39. The van der Waals surface area contributed by atoms with Crippen molar-refractivity contribution in [3.63, 3.8) is 0 Å². The molecule has 6 heteroatoms. The van der Waals surface area contributed by atoms with Crippen LogP contribution in [-0.2, 0) is 0 Å². The van der Waals surface area contributed by atoms with Gasteiger partial charge in [-0.2, -0.15) is 0 Å². The number of likely N-dealkylation sites (tertiary alicyclic amines) is 1. The van der Waals surface area contributed by atoms with E-state index in [-0.39, 0.29) is 11.9 Å². The maximum absolute atomic E-state index is 13.0. The topological polar surface area (TPSA) is 54.0 Å². The molecule has 4 rings (SSSR count). The quantitative estimate of drug-likeness (QED) is 0.800. The Hall–Kier alpha value is -2.15. The summed E-state index contributed by atoms with van der Waals surface area (Å²) in [5, 5.41) is 13.8. The number of benzene rings is 2. The van der Waals surface area contributed by atoms with Gasteiger partial charge in [-0.3, -0.25) is 4.90 Å². The fourth-order valence-electron chi connectivity index (χ4n) is 3.91. The summed E-state index contributed by atoms with van der Waals surface area (Å²) in [6, 6.07) is 14.1. The van der Waals surface area contributed by atoms with Crippen LogP contribution in [0, 0.1) is 5.82 Å². The second-order valence-electron chi connectivity index (χ2n) is 7.57. The number of halogens is 1. The van der Waals surface area contributed by atoms with E-state index in [0.29, 0.717) is 19.2 Å². The molecular weight excluding hydrogens is 359 g/mol. The van der Waals surface area contributed by atoms with Crippen LogP contribution in [0.3, 0.4) is 0 Å². The zero-order chi connectivity index (χ0) is 19.3. The van der Waals surface area contributed by atoms with E-state index in [1.807, 2.05) is 24.3 Å². The summed E-state index contributed by atoms with van der Waals surface area (Å²) in [6.45, 7) is 3.81. The Bertz CT molecular complexity index is 771. The summed E-state index contributed by atoms with van der Waals surface area (Å²) in [4.78, 5) is 2.40. The number of piperidine rings is 1. The SMILES string of the molecule is OC(CNC1CCCN(CC2COc3ccccc3O2)C1)c1ccc(F)cc1. The van der Waals surface area contributed by atoms with Crippen molar-refractivity contribution in [2.24, 2.45) is 0 Å². The molecule has 0 aromatic heterocycles. The Morgan fingerprint density at radius 3 is 2.75 bits per heavy atom. The van der Waals surface area contributed by atoms with E-state index < -0.39 is 6.10 Å². The van der Waals surface area contributed by atoms with E-state index in [9.17, 15) is 9.50 Å².